The van der Waals surface area contributed by atoms with Gasteiger partial charge in [-0.1, -0.05) is 25.3 Å². The Morgan fingerprint density at radius 1 is 1.46 bits per heavy atom. The van der Waals surface area contributed by atoms with Crippen LogP contribution < -0.4 is 10.7 Å². The van der Waals surface area contributed by atoms with Gasteiger partial charge < -0.3 is 15.5 Å². The minimum Gasteiger partial charge on any atom is -0.493 e. The number of ether oxygens (including phenoxy) is 1. The Kier molecular flexibility index (Phi) is 8.99. The summed E-state index contributed by atoms with van der Waals surface area (Å²) in [5.74, 6) is 0.717. The van der Waals surface area contributed by atoms with Crippen molar-refractivity contribution >= 4 is 30.6 Å². The van der Waals surface area contributed by atoms with Crippen molar-refractivity contribution in [3.63, 3.8) is 0 Å². The molecule has 0 aliphatic carbocycles. The maximum absolute atomic E-state index is 12.1. The fourth-order valence-electron chi connectivity index (χ4n) is 1.87. The highest BCUT2D eigenvalue weighted by atomic mass is 32.1. The van der Waals surface area contributed by atoms with Crippen LogP contribution in [0, 0.1) is 0 Å². The van der Waals surface area contributed by atoms with Gasteiger partial charge in [0.2, 0.25) is 0 Å². The maximum Gasteiger partial charge on any atom is 0.275 e. The van der Waals surface area contributed by atoms with Gasteiger partial charge in [-0.25, -0.2) is 0 Å². The average molecular weight is 346 g/mol. The Hall–Kier alpha value is -2.54. The van der Waals surface area contributed by atoms with Crippen molar-refractivity contribution in [3.05, 3.63) is 59.9 Å². The van der Waals surface area contributed by atoms with E-state index in [2.05, 4.69) is 46.6 Å². The van der Waals surface area contributed by atoms with Crippen LogP contribution in [-0.4, -0.2) is 31.6 Å². The fourth-order valence-corrected chi connectivity index (χ4v) is 2.06. The van der Waals surface area contributed by atoms with Crippen LogP contribution in [0.25, 0.3) is 0 Å². The molecule has 0 aromatic heterocycles. The van der Waals surface area contributed by atoms with Gasteiger partial charge in [-0.15, -0.1) is 12.6 Å². The molecular weight excluding hydrogens is 324 g/mol. The fraction of sp³-hybridized carbons (Fsp3) is 0.235. The lowest BCUT2D eigenvalue weighted by Gasteiger charge is -2.04. The number of carbonyl (C=O) groups excluding carboxylic acids is 1. The molecule has 1 rings (SSSR count). The molecule has 0 radical (unpaired) electrons. The first-order valence-electron chi connectivity index (χ1n) is 7.36. The van der Waals surface area contributed by atoms with Gasteiger partial charge in [0.15, 0.2) is 5.84 Å². The number of thiol groups is 1. The van der Waals surface area contributed by atoms with Gasteiger partial charge in [0.1, 0.15) is 11.5 Å². The largest absolute Gasteiger partial charge is 0.493 e. The van der Waals surface area contributed by atoms with E-state index in [9.17, 15) is 4.79 Å². The second-order valence-corrected chi connectivity index (χ2v) is 4.79. The Labute approximate surface area is 147 Å². The van der Waals surface area contributed by atoms with Gasteiger partial charge in [-0.05, 0) is 23.1 Å². The monoisotopic (exact) mass is 346 g/mol. The van der Waals surface area contributed by atoms with E-state index in [4.69, 9.17) is 4.74 Å². The predicted molar refractivity (Wildman–Crippen MR) is 102 cm³/mol. The first-order chi connectivity index (χ1) is 11.7. The van der Waals surface area contributed by atoms with Gasteiger partial charge in [0.05, 0.1) is 6.61 Å². The molecule has 128 valence electrons. The summed E-state index contributed by atoms with van der Waals surface area (Å²) in [5, 5.41) is 7.75. The van der Waals surface area contributed by atoms with Crippen LogP contribution >= 0.6 is 12.6 Å². The number of rotatable bonds is 7. The summed E-state index contributed by atoms with van der Waals surface area (Å²) in [6, 6.07) is 0. The third kappa shape index (κ3) is 6.29. The van der Waals surface area contributed by atoms with Crippen LogP contribution in [-0.2, 0) is 9.53 Å². The molecule has 0 bridgehead atoms. The Balaban J connectivity index is 2.65. The van der Waals surface area contributed by atoms with E-state index in [1.165, 1.54) is 11.5 Å². The predicted octanol–water partition coefficient (Wildman–Crippen LogP) is 2.47. The number of nitrogens with one attached hydrogen (secondary N) is 2. The quantitative estimate of drug-likeness (QED) is 0.218. The molecule has 1 amide bonds. The normalized spacial score (nSPS) is 18.8. The molecule has 0 saturated carbocycles. The van der Waals surface area contributed by atoms with Crippen molar-refractivity contribution in [2.75, 3.05) is 13.7 Å². The van der Waals surface area contributed by atoms with Crippen molar-refractivity contribution in [1.82, 2.24) is 10.7 Å². The number of amidine groups is 1. The van der Waals surface area contributed by atoms with E-state index in [0.29, 0.717) is 18.9 Å². The molecule has 1 aliphatic rings. The number of amides is 1. The molecule has 1 fully saturated rings. The number of nitrogens with zero attached hydrogens (tertiary/aromatic N) is 2. The topological polar surface area (TPSA) is 75.1 Å². The van der Waals surface area contributed by atoms with Crippen molar-refractivity contribution in [3.8, 4) is 0 Å². The zero-order valence-electron chi connectivity index (χ0n) is 13.7. The van der Waals surface area contributed by atoms with Crippen LogP contribution in [0.4, 0.5) is 0 Å². The van der Waals surface area contributed by atoms with E-state index in [-0.39, 0.29) is 5.70 Å². The lowest BCUT2D eigenvalue weighted by molar-refractivity contribution is -0.116. The number of carbonyl (C=O) groups is 1. The Morgan fingerprint density at radius 3 is 2.88 bits per heavy atom. The van der Waals surface area contributed by atoms with Crippen molar-refractivity contribution in [2.45, 2.75) is 12.8 Å². The summed E-state index contributed by atoms with van der Waals surface area (Å²) in [7, 11) is 1.62. The Bertz CT molecular complexity index is 631. The number of aliphatic imine (C=N–C) groups is 1. The molecule has 0 unspecified atom stereocenters. The molecule has 1 heterocycles. The van der Waals surface area contributed by atoms with Gasteiger partial charge in [-0.3, -0.25) is 9.79 Å². The molecule has 2 N–H and O–H groups in total. The lowest BCUT2D eigenvalue weighted by atomic mass is 10.1. The smallest absolute Gasteiger partial charge is 0.275 e. The van der Waals surface area contributed by atoms with Crippen molar-refractivity contribution in [2.24, 2.45) is 10.1 Å². The van der Waals surface area contributed by atoms with Gasteiger partial charge in [0.25, 0.3) is 5.91 Å². The molecule has 0 aromatic rings. The zero-order valence-corrected chi connectivity index (χ0v) is 14.6. The van der Waals surface area contributed by atoms with Gasteiger partial charge >= 0.3 is 0 Å². The van der Waals surface area contributed by atoms with E-state index in [1.807, 2.05) is 12.2 Å². The molecule has 1 aliphatic heterocycles. The summed E-state index contributed by atoms with van der Waals surface area (Å²) in [5.41, 5.74) is 3.85. The zero-order chi connectivity index (χ0) is 17.8. The van der Waals surface area contributed by atoms with E-state index in [1.54, 1.807) is 19.3 Å². The first kappa shape index (κ1) is 19.5. The highest BCUT2D eigenvalue weighted by Crippen LogP contribution is 2.23. The van der Waals surface area contributed by atoms with Crippen LogP contribution in [0.2, 0.25) is 0 Å². The average Bonchev–Trinajstić information content (AvgIpc) is 3.02. The summed E-state index contributed by atoms with van der Waals surface area (Å²) < 4.78 is 5.48. The number of hydrazone groups is 1. The highest BCUT2D eigenvalue weighted by molar-refractivity contribution is 7.83. The molecule has 7 heteroatoms. The Morgan fingerprint density at radius 2 is 2.25 bits per heavy atom. The molecule has 0 spiro atoms. The summed E-state index contributed by atoms with van der Waals surface area (Å²) >= 11 is 4.02. The summed E-state index contributed by atoms with van der Waals surface area (Å²) in [6.07, 6.45) is 10.0. The second-order valence-electron chi connectivity index (χ2n) is 4.54. The molecule has 6 nitrogen and oxygen atoms in total. The number of allylic oxidation sites excluding steroid dienone is 4. The molecular formula is C17H22N4O2S. The third-order valence-corrected chi connectivity index (χ3v) is 3.18. The minimum absolute atomic E-state index is 0.173. The minimum atomic E-state index is -0.417. The van der Waals surface area contributed by atoms with Crippen molar-refractivity contribution < 1.29 is 9.53 Å². The molecule has 1 saturated heterocycles. The van der Waals surface area contributed by atoms with Gasteiger partial charge in [-0.2, -0.15) is 5.10 Å². The van der Waals surface area contributed by atoms with Crippen LogP contribution in [0.15, 0.2) is 70.0 Å². The van der Waals surface area contributed by atoms with Gasteiger partial charge in [0, 0.05) is 26.1 Å². The van der Waals surface area contributed by atoms with E-state index in [0.717, 1.165) is 17.8 Å². The molecule has 0 atom stereocenters. The maximum atomic E-state index is 12.1. The summed E-state index contributed by atoms with van der Waals surface area (Å²) in [4.78, 5) is 16.2. The van der Waals surface area contributed by atoms with Crippen LogP contribution in [0.5, 0.6) is 0 Å². The SMILES string of the molecule is C=C/C=C1/OCC/C1=C/CC=N/C(=C\S)C(=O)N/C(C=C)=N/NC. The van der Waals surface area contributed by atoms with Crippen molar-refractivity contribution in [1.29, 1.82) is 0 Å². The van der Waals surface area contributed by atoms with Crippen LogP contribution in [0.1, 0.15) is 12.8 Å². The molecule has 0 aromatic carbocycles. The highest BCUT2D eigenvalue weighted by Gasteiger charge is 2.13. The van der Waals surface area contributed by atoms with Crippen LogP contribution in [0.3, 0.4) is 0 Å². The van der Waals surface area contributed by atoms with E-state index < -0.39 is 5.91 Å². The number of hydrogen-bond donors (Lipinski definition) is 3. The summed E-state index contributed by atoms with van der Waals surface area (Å²) in [6.45, 7) is 7.89. The first-order valence-corrected chi connectivity index (χ1v) is 7.88. The third-order valence-electron chi connectivity index (χ3n) is 2.94. The number of hydrogen-bond acceptors (Lipinski definition) is 6. The second kappa shape index (κ2) is 11.1. The standard InChI is InChI=1S/C17H22N4O2S/c1-4-7-15-13(9-11-23-15)8-6-10-19-14(12-24)17(22)20-16(5-2)21-18-3/h4-5,7-8,10,12,18,24H,1-2,6,9,11H2,3H3,(H,20,21,22)/b13-8-,14-12-,15-7+,19-10?. The molecule has 24 heavy (non-hydrogen) atoms. The lowest BCUT2D eigenvalue weighted by Crippen LogP contribution is -2.31. The van der Waals surface area contributed by atoms with E-state index >= 15 is 0 Å².